The fourth-order valence-electron chi connectivity index (χ4n) is 5.58. The molecule has 3 aromatic rings. The van der Waals surface area contributed by atoms with Gasteiger partial charge in [-0.1, -0.05) is 128 Å². The lowest BCUT2D eigenvalue weighted by atomic mass is 9.86. The smallest absolute Gasteiger partial charge is 0.140 e. The average Bonchev–Trinajstić information content (AvgIpc) is 3.43. The van der Waals surface area contributed by atoms with E-state index >= 15 is 0 Å². The maximum atomic E-state index is 5.15. The number of benzene rings is 3. The van der Waals surface area contributed by atoms with Gasteiger partial charge in [0.1, 0.15) is 5.84 Å². The molecule has 196 valence electrons. The number of aliphatic imine (C=N–C) groups is 1. The van der Waals surface area contributed by atoms with Gasteiger partial charge in [0.05, 0.1) is 12.2 Å². The van der Waals surface area contributed by atoms with Crippen molar-refractivity contribution in [2.75, 3.05) is 6.54 Å². The normalized spacial score (nSPS) is 17.6. The number of amidine groups is 1. The second-order valence-corrected chi connectivity index (χ2v) is 12.1. The van der Waals surface area contributed by atoms with E-state index in [0.717, 1.165) is 18.7 Å². The molecule has 2 heterocycles. The largest absolute Gasteiger partial charge is 0.296 e. The highest BCUT2D eigenvalue weighted by molar-refractivity contribution is 7.77. The topological polar surface area (TPSA) is 15.6 Å². The molecule has 3 aromatic carbocycles. The third-order valence-electron chi connectivity index (χ3n) is 7.32. The zero-order valence-corrected chi connectivity index (χ0v) is 23.8. The van der Waals surface area contributed by atoms with Crippen LogP contribution < -0.4 is 10.6 Å². The van der Waals surface area contributed by atoms with Crippen molar-refractivity contribution < 1.29 is 0 Å². The zero-order chi connectivity index (χ0) is 27.3. The van der Waals surface area contributed by atoms with E-state index in [9.17, 15) is 0 Å². The van der Waals surface area contributed by atoms with Crippen LogP contribution in [-0.4, -0.2) is 17.3 Å². The van der Waals surface area contributed by atoms with Crippen LogP contribution in [0.1, 0.15) is 36.5 Å². The van der Waals surface area contributed by atoms with Gasteiger partial charge in [0, 0.05) is 16.8 Å². The first-order valence-corrected chi connectivity index (χ1v) is 15.3. The van der Waals surface area contributed by atoms with Crippen molar-refractivity contribution >= 4 is 36.0 Å². The highest BCUT2D eigenvalue weighted by Crippen LogP contribution is 2.47. The van der Waals surface area contributed by atoms with Crippen molar-refractivity contribution in [3.8, 4) is 0 Å². The first-order valence-electron chi connectivity index (χ1n) is 13.9. The van der Waals surface area contributed by atoms with E-state index in [4.69, 9.17) is 4.99 Å². The fourth-order valence-corrected chi connectivity index (χ4v) is 7.95. The van der Waals surface area contributed by atoms with Gasteiger partial charge in [0.15, 0.2) is 0 Å². The van der Waals surface area contributed by atoms with E-state index in [0.29, 0.717) is 6.54 Å². The summed E-state index contributed by atoms with van der Waals surface area (Å²) >= 11 is 0. The van der Waals surface area contributed by atoms with Crippen LogP contribution >= 0.6 is 7.92 Å². The number of hydrogen-bond acceptors (Lipinski definition) is 2. The van der Waals surface area contributed by atoms with Crippen LogP contribution in [-0.2, 0) is 0 Å². The van der Waals surface area contributed by atoms with E-state index in [-0.39, 0.29) is 0 Å². The lowest BCUT2D eigenvalue weighted by Crippen LogP contribution is -2.33. The molecule has 0 bridgehead atoms. The fraction of sp³-hybridized carbons (Fsp3) is 0.108. The molecule has 0 spiro atoms. The molecule has 2 nitrogen and oxygen atoms in total. The molecule has 0 radical (unpaired) electrons. The van der Waals surface area contributed by atoms with Crippen molar-refractivity contribution in [1.29, 1.82) is 0 Å². The molecule has 2 aliphatic heterocycles. The van der Waals surface area contributed by atoms with E-state index in [2.05, 4.69) is 133 Å². The minimum atomic E-state index is -0.760. The van der Waals surface area contributed by atoms with Crippen molar-refractivity contribution in [2.45, 2.75) is 19.8 Å². The van der Waals surface area contributed by atoms with Crippen LogP contribution in [0.4, 0.5) is 0 Å². The molecule has 40 heavy (non-hydrogen) atoms. The summed E-state index contributed by atoms with van der Waals surface area (Å²) in [7, 11) is -0.760. The van der Waals surface area contributed by atoms with Crippen LogP contribution in [0.3, 0.4) is 0 Å². The standard InChI is InChI=1S/C37H33N2P/c1-3-5-8-16-28-23-24-33-34-21-13-14-22-36(34)39-29(27-38-37(39)35(33)25-28)26-32(15-4-2)40(30-17-9-6-10-18-30)31-19-11-7-12-20-31/h3-12,15-26H,2,13-14,27H2,1H3/b5-3-,16-8-,29-26+,32-15+. The van der Waals surface area contributed by atoms with E-state index in [1.54, 1.807) is 0 Å². The van der Waals surface area contributed by atoms with Gasteiger partial charge in [0.2, 0.25) is 0 Å². The van der Waals surface area contributed by atoms with Crippen molar-refractivity contribution in [2.24, 2.45) is 4.99 Å². The summed E-state index contributed by atoms with van der Waals surface area (Å²) < 4.78 is 0. The summed E-state index contributed by atoms with van der Waals surface area (Å²) in [5, 5.41) is 3.92. The summed E-state index contributed by atoms with van der Waals surface area (Å²) in [5.74, 6) is 1.05. The average molecular weight is 537 g/mol. The number of fused-ring (bicyclic) bond motifs is 6. The molecular formula is C37H33N2P. The van der Waals surface area contributed by atoms with Crippen LogP contribution in [0, 0.1) is 0 Å². The molecule has 6 rings (SSSR count). The van der Waals surface area contributed by atoms with Gasteiger partial charge in [-0.05, 0) is 66.9 Å². The molecule has 0 atom stereocenters. The quantitative estimate of drug-likeness (QED) is 0.218. The van der Waals surface area contributed by atoms with E-state index in [1.807, 2.05) is 19.1 Å². The third-order valence-corrected chi connectivity index (χ3v) is 9.74. The van der Waals surface area contributed by atoms with Crippen molar-refractivity contribution in [1.82, 2.24) is 4.90 Å². The molecule has 3 heteroatoms. The van der Waals surface area contributed by atoms with Crippen molar-refractivity contribution in [3.05, 3.63) is 167 Å². The Morgan fingerprint density at radius 2 is 1.60 bits per heavy atom. The van der Waals surface area contributed by atoms with Crippen LogP contribution in [0.25, 0.3) is 11.6 Å². The lowest BCUT2D eigenvalue weighted by Gasteiger charge is -2.35. The highest BCUT2D eigenvalue weighted by atomic mass is 31.1. The molecule has 0 N–H and O–H groups in total. The summed E-state index contributed by atoms with van der Waals surface area (Å²) in [5.41, 5.74) is 7.47. The van der Waals surface area contributed by atoms with Crippen LogP contribution in [0.5, 0.6) is 0 Å². The summed E-state index contributed by atoms with van der Waals surface area (Å²) in [6.07, 6.45) is 21.8. The van der Waals surface area contributed by atoms with Gasteiger partial charge in [-0.2, -0.15) is 0 Å². The third kappa shape index (κ3) is 5.04. The molecule has 0 unspecified atom stereocenters. The Kier molecular flexibility index (Phi) is 7.71. The van der Waals surface area contributed by atoms with Gasteiger partial charge >= 0.3 is 0 Å². The molecule has 0 saturated heterocycles. The maximum absolute atomic E-state index is 5.15. The number of nitrogens with zero attached hydrogens (tertiary/aromatic N) is 2. The monoisotopic (exact) mass is 536 g/mol. The minimum Gasteiger partial charge on any atom is -0.296 e. The number of allylic oxidation sites excluding steroid dienone is 10. The summed E-state index contributed by atoms with van der Waals surface area (Å²) in [4.78, 5) is 7.56. The van der Waals surface area contributed by atoms with Gasteiger partial charge < -0.3 is 0 Å². The predicted octanol–water partition coefficient (Wildman–Crippen LogP) is 8.50. The zero-order valence-electron chi connectivity index (χ0n) is 22.9. The second-order valence-electron chi connectivity index (χ2n) is 9.92. The SMILES string of the molecule is C=C/C=C(\C=C1/CN=C2c3cc(/C=C\C=C/C)ccc3C3=CCCC=C3N21)P(c1ccccc1)c1ccccc1. The number of rotatable bonds is 7. The van der Waals surface area contributed by atoms with Crippen LogP contribution in [0.15, 0.2) is 156 Å². The molecule has 0 amide bonds. The van der Waals surface area contributed by atoms with E-state index < -0.39 is 7.92 Å². The molecule has 0 aromatic heterocycles. The first kappa shape index (κ1) is 26.0. The second kappa shape index (κ2) is 11.9. The Bertz CT molecular complexity index is 1590. The maximum Gasteiger partial charge on any atom is 0.140 e. The predicted molar refractivity (Wildman–Crippen MR) is 174 cm³/mol. The summed E-state index contributed by atoms with van der Waals surface area (Å²) in [6, 6.07) is 28.5. The Hall–Kier alpha value is -4.26. The van der Waals surface area contributed by atoms with Gasteiger partial charge in [-0.15, -0.1) is 0 Å². The Morgan fingerprint density at radius 3 is 2.30 bits per heavy atom. The Labute approximate surface area is 239 Å². The molecular weight excluding hydrogens is 503 g/mol. The molecule has 0 fully saturated rings. The van der Waals surface area contributed by atoms with Gasteiger partial charge in [-0.3, -0.25) is 9.89 Å². The molecule has 1 aliphatic carbocycles. The first-order chi connectivity index (χ1) is 19.8. The minimum absolute atomic E-state index is 0.652. The lowest BCUT2D eigenvalue weighted by molar-refractivity contribution is 0.662. The van der Waals surface area contributed by atoms with Gasteiger partial charge in [0.25, 0.3) is 0 Å². The Balaban J connectivity index is 1.46. The van der Waals surface area contributed by atoms with Gasteiger partial charge in [-0.25, -0.2) is 0 Å². The number of hydrogen-bond donors (Lipinski definition) is 0. The highest BCUT2D eigenvalue weighted by Gasteiger charge is 2.36. The Morgan fingerprint density at radius 1 is 0.875 bits per heavy atom. The van der Waals surface area contributed by atoms with E-state index in [1.165, 1.54) is 49.6 Å². The van der Waals surface area contributed by atoms with Crippen molar-refractivity contribution in [3.63, 3.8) is 0 Å². The van der Waals surface area contributed by atoms with Crippen LogP contribution in [0.2, 0.25) is 0 Å². The molecule has 0 saturated carbocycles. The molecule has 3 aliphatic rings. The summed E-state index contributed by atoms with van der Waals surface area (Å²) in [6.45, 7) is 6.78.